The van der Waals surface area contributed by atoms with Gasteiger partial charge in [0, 0.05) is 19.6 Å². The molecule has 0 aliphatic carbocycles. The predicted octanol–water partition coefficient (Wildman–Crippen LogP) is 2.19. The lowest BCUT2D eigenvalue weighted by Gasteiger charge is -2.31. The maximum Gasteiger partial charge on any atom is 0.276 e. The van der Waals surface area contributed by atoms with Gasteiger partial charge in [-0.3, -0.25) is 9.69 Å². The van der Waals surface area contributed by atoms with Crippen molar-refractivity contribution in [2.45, 2.75) is 39.3 Å². The summed E-state index contributed by atoms with van der Waals surface area (Å²) in [5, 5.41) is 8.31. The molecule has 0 N–H and O–H groups in total. The number of furan rings is 1. The molecule has 1 amide bonds. The largest absolute Gasteiger partial charge is 0.468 e. The highest BCUT2D eigenvalue weighted by Gasteiger charge is 2.24. The first kappa shape index (κ1) is 16.7. The van der Waals surface area contributed by atoms with Gasteiger partial charge in [0.15, 0.2) is 5.69 Å². The Balaban J connectivity index is 1.65. The minimum absolute atomic E-state index is 0.0468. The molecule has 0 bridgehead atoms. The monoisotopic (exact) mass is 331 g/mol. The number of piperidine rings is 1. The summed E-state index contributed by atoms with van der Waals surface area (Å²) < 4.78 is 7.29. The number of rotatable bonds is 6. The van der Waals surface area contributed by atoms with Gasteiger partial charge in [-0.05, 0) is 45.4 Å². The Bertz CT molecular complexity index is 648. The molecule has 130 valence electrons. The molecule has 1 aliphatic heterocycles. The lowest BCUT2D eigenvalue weighted by Crippen LogP contribution is -2.36. The van der Waals surface area contributed by atoms with Crippen LogP contribution in [0.1, 0.15) is 49.0 Å². The van der Waals surface area contributed by atoms with Crippen LogP contribution in [0.5, 0.6) is 0 Å². The Morgan fingerprint density at radius 2 is 2.25 bits per heavy atom. The molecule has 0 aromatic carbocycles. The fraction of sp³-hybridized carbons (Fsp3) is 0.588. The maximum atomic E-state index is 12.4. The second-order valence-electron chi connectivity index (χ2n) is 6.17. The van der Waals surface area contributed by atoms with Gasteiger partial charge in [0.1, 0.15) is 5.76 Å². The molecule has 0 unspecified atom stereocenters. The minimum Gasteiger partial charge on any atom is -0.468 e. The van der Waals surface area contributed by atoms with Crippen LogP contribution < -0.4 is 0 Å². The third kappa shape index (κ3) is 3.67. The van der Waals surface area contributed by atoms with Crippen LogP contribution in [0.4, 0.5) is 0 Å². The molecule has 24 heavy (non-hydrogen) atoms. The van der Waals surface area contributed by atoms with Crippen molar-refractivity contribution >= 4 is 5.91 Å². The average molecular weight is 331 g/mol. The van der Waals surface area contributed by atoms with Crippen molar-refractivity contribution in [2.24, 2.45) is 0 Å². The average Bonchev–Trinajstić information content (AvgIpc) is 3.28. The summed E-state index contributed by atoms with van der Waals surface area (Å²) in [6.45, 7) is 8.06. The number of carbonyl (C=O) groups excluding carboxylic acids is 1. The van der Waals surface area contributed by atoms with Crippen LogP contribution in [0.3, 0.4) is 0 Å². The fourth-order valence-electron chi connectivity index (χ4n) is 3.24. The fourth-order valence-corrected chi connectivity index (χ4v) is 3.24. The van der Waals surface area contributed by atoms with E-state index in [9.17, 15) is 4.79 Å². The van der Waals surface area contributed by atoms with E-state index in [1.807, 2.05) is 30.7 Å². The van der Waals surface area contributed by atoms with E-state index in [1.54, 1.807) is 17.4 Å². The lowest BCUT2D eigenvalue weighted by atomic mass is 10.1. The van der Waals surface area contributed by atoms with Gasteiger partial charge in [-0.25, -0.2) is 4.68 Å². The van der Waals surface area contributed by atoms with Gasteiger partial charge < -0.3 is 9.32 Å². The molecule has 1 saturated heterocycles. The molecule has 7 heteroatoms. The standard InChI is InChI=1S/C17H25N5O2/c1-3-21(4-2)17(23)16-13-22(19-18-16)14-7-5-9-20(11-14)12-15-8-6-10-24-15/h6,8,10,13-14H,3-5,7,9,11-12H2,1-2H3/t14-/m0/s1. The number of amides is 1. The van der Waals surface area contributed by atoms with Gasteiger partial charge >= 0.3 is 0 Å². The van der Waals surface area contributed by atoms with Gasteiger partial charge in [-0.2, -0.15) is 0 Å². The van der Waals surface area contributed by atoms with E-state index in [2.05, 4.69) is 15.2 Å². The number of hydrogen-bond acceptors (Lipinski definition) is 5. The number of nitrogens with zero attached hydrogens (tertiary/aromatic N) is 5. The molecule has 0 radical (unpaired) electrons. The Labute approximate surface area is 142 Å². The first-order valence-electron chi connectivity index (χ1n) is 8.67. The first-order chi connectivity index (χ1) is 11.7. The predicted molar refractivity (Wildman–Crippen MR) is 89.5 cm³/mol. The van der Waals surface area contributed by atoms with Crippen molar-refractivity contribution < 1.29 is 9.21 Å². The molecule has 1 atom stereocenters. The Hall–Kier alpha value is -2.15. The van der Waals surface area contributed by atoms with Crippen LogP contribution in [0.15, 0.2) is 29.0 Å². The van der Waals surface area contributed by atoms with Crippen LogP contribution in [0, 0.1) is 0 Å². The molecule has 0 spiro atoms. The van der Waals surface area contributed by atoms with E-state index in [0.29, 0.717) is 18.8 Å². The zero-order valence-electron chi connectivity index (χ0n) is 14.4. The quantitative estimate of drug-likeness (QED) is 0.812. The molecular weight excluding hydrogens is 306 g/mol. The van der Waals surface area contributed by atoms with Gasteiger partial charge in [0.2, 0.25) is 0 Å². The SMILES string of the molecule is CCN(CC)C(=O)c1cn([C@H]2CCCN(Cc3ccco3)C2)nn1. The van der Waals surface area contributed by atoms with Gasteiger partial charge in [-0.1, -0.05) is 5.21 Å². The van der Waals surface area contributed by atoms with E-state index in [1.165, 1.54) is 0 Å². The second-order valence-corrected chi connectivity index (χ2v) is 6.17. The molecule has 7 nitrogen and oxygen atoms in total. The topological polar surface area (TPSA) is 67.4 Å². The van der Waals surface area contributed by atoms with E-state index in [0.717, 1.165) is 38.2 Å². The molecule has 3 rings (SSSR count). The van der Waals surface area contributed by atoms with Crippen molar-refractivity contribution in [2.75, 3.05) is 26.2 Å². The summed E-state index contributed by atoms with van der Waals surface area (Å²) >= 11 is 0. The van der Waals surface area contributed by atoms with E-state index < -0.39 is 0 Å². The molecule has 0 saturated carbocycles. The molecule has 1 fully saturated rings. The third-order valence-electron chi connectivity index (χ3n) is 4.59. The van der Waals surface area contributed by atoms with Gasteiger partial charge in [0.05, 0.1) is 25.0 Å². The second kappa shape index (κ2) is 7.61. The summed E-state index contributed by atoms with van der Waals surface area (Å²) in [6, 6.07) is 4.17. The Morgan fingerprint density at radius 3 is 2.96 bits per heavy atom. The zero-order chi connectivity index (χ0) is 16.9. The van der Waals surface area contributed by atoms with Gasteiger partial charge in [-0.15, -0.1) is 5.10 Å². The highest BCUT2D eigenvalue weighted by molar-refractivity contribution is 5.91. The molecule has 3 heterocycles. The molecule has 1 aliphatic rings. The van der Waals surface area contributed by atoms with Crippen molar-refractivity contribution in [3.05, 3.63) is 36.0 Å². The normalized spacial score (nSPS) is 18.7. The Morgan fingerprint density at radius 1 is 1.42 bits per heavy atom. The third-order valence-corrected chi connectivity index (χ3v) is 4.59. The van der Waals surface area contributed by atoms with Gasteiger partial charge in [0.25, 0.3) is 5.91 Å². The zero-order valence-corrected chi connectivity index (χ0v) is 14.4. The number of likely N-dealkylation sites (tertiary alicyclic amines) is 1. The van der Waals surface area contributed by atoms with E-state index >= 15 is 0 Å². The van der Waals surface area contributed by atoms with E-state index in [-0.39, 0.29) is 11.9 Å². The molecular formula is C17H25N5O2. The van der Waals surface area contributed by atoms with E-state index in [4.69, 9.17) is 4.42 Å². The summed E-state index contributed by atoms with van der Waals surface area (Å²) in [4.78, 5) is 16.5. The minimum atomic E-state index is -0.0468. The van der Waals surface area contributed by atoms with Crippen LogP contribution in [-0.4, -0.2) is 56.9 Å². The number of carbonyl (C=O) groups is 1. The molecule has 2 aromatic rings. The Kier molecular flexibility index (Phi) is 5.30. The maximum absolute atomic E-state index is 12.4. The highest BCUT2D eigenvalue weighted by atomic mass is 16.3. The summed E-state index contributed by atoms with van der Waals surface area (Å²) in [6.07, 6.45) is 5.66. The van der Waals surface area contributed by atoms with Crippen LogP contribution in [0.25, 0.3) is 0 Å². The summed E-state index contributed by atoms with van der Waals surface area (Å²) in [7, 11) is 0. The number of hydrogen-bond donors (Lipinski definition) is 0. The highest BCUT2D eigenvalue weighted by Crippen LogP contribution is 2.22. The van der Waals surface area contributed by atoms with Crippen molar-refractivity contribution in [1.29, 1.82) is 0 Å². The van der Waals surface area contributed by atoms with Crippen LogP contribution >= 0.6 is 0 Å². The van der Waals surface area contributed by atoms with Crippen LogP contribution in [-0.2, 0) is 6.54 Å². The summed E-state index contributed by atoms with van der Waals surface area (Å²) in [5.41, 5.74) is 0.432. The van der Waals surface area contributed by atoms with Crippen molar-refractivity contribution in [3.63, 3.8) is 0 Å². The number of aromatic nitrogens is 3. The van der Waals surface area contributed by atoms with Crippen molar-refractivity contribution in [1.82, 2.24) is 24.8 Å². The van der Waals surface area contributed by atoms with Crippen molar-refractivity contribution in [3.8, 4) is 0 Å². The van der Waals surface area contributed by atoms with Crippen LogP contribution in [0.2, 0.25) is 0 Å². The smallest absolute Gasteiger partial charge is 0.276 e. The molecule has 2 aromatic heterocycles. The summed E-state index contributed by atoms with van der Waals surface area (Å²) in [5.74, 6) is 0.932. The lowest BCUT2D eigenvalue weighted by molar-refractivity contribution is 0.0767. The first-order valence-corrected chi connectivity index (χ1v) is 8.67.